The molecule has 1 aliphatic heterocycles. The Balaban J connectivity index is 1.93. The largest absolute Gasteiger partial charge is 0.445 e. The van der Waals surface area contributed by atoms with E-state index in [2.05, 4.69) is 10.6 Å². The lowest BCUT2D eigenvalue weighted by Crippen LogP contribution is -2.53. The van der Waals surface area contributed by atoms with E-state index in [1.54, 1.807) is 6.92 Å². The molecule has 106 valence electrons. The predicted molar refractivity (Wildman–Crippen MR) is 70.6 cm³/mol. The van der Waals surface area contributed by atoms with Gasteiger partial charge in [-0.1, -0.05) is 37.3 Å². The van der Waals surface area contributed by atoms with Crippen LogP contribution in [0.15, 0.2) is 30.3 Å². The van der Waals surface area contributed by atoms with E-state index in [1.165, 1.54) is 0 Å². The van der Waals surface area contributed by atoms with Crippen molar-refractivity contribution in [2.45, 2.75) is 31.9 Å². The number of alkyl carbamates (subject to hydrolysis) is 1. The average molecular weight is 276 g/mol. The van der Waals surface area contributed by atoms with Crippen molar-refractivity contribution in [3.63, 3.8) is 0 Å². The van der Waals surface area contributed by atoms with Gasteiger partial charge >= 0.3 is 6.09 Å². The predicted octanol–water partition coefficient (Wildman–Crippen LogP) is 1.11. The molecule has 1 heterocycles. The van der Waals surface area contributed by atoms with Crippen LogP contribution in [0, 0.1) is 0 Å². The Kier molecular flexibility index (Phi) is 4.02. The molecule has 6 heteroatoms. The zero-order valence-corrected chi connectivity index (χ0v) is 11.1. The van der Waals surface area contributed by atoms with Crippen molar-refractivity contribution >= 4 is 17.9 Å². The number of benzene rings is 1. The molecule has 1 aromatic carbocycles. The van der Waals surface area contributed by atoms with Gasteiger partial charge in [-0.2, -0.15) is 0 Å². The molecule has 0 radical (unpaired) electrons. The highest BCUT2D eigenvalue weighted by molar-refractivity contribution is 6.09. The highest BCUT2D eigenvalue weighted by atomic mass is 16.5. The smallest absolute Gasteiger partial charge is 0.408 e. The fourth-order valence-corrected chi connectivity index (χ4v) is 2.07. The van der Waals surface area contributed by atoms with Crippen molar-refractivity contribution in [1.29, 1.82) is 0 Å². The number of carbonyl (C=O) groups excluding carboxylic acids is 3. The van der Waals surface area contributed by atoms with Gasteiger partial charge in [0.25, 0.3) is 5.91 Å². The van der Waals surface area contributed by atoms with Gasteiger partial charge in [0.2, 0.25) is 5.91 Å². The van der Waals surface area contributed by atoms with Gasteiger partial charge in [-0.25, -0.2) is 4.79 Å². The minimum absolute atomic E-state index is 0.0528. The fraction of sp³-hybridized carbons (Fsp3) is 0.357. The van der Waals surface area contributed by atoms with Crippen molar-refractivity contribution < 1.29 is 19.1 Å². The van der Waals surface area contributed by atoms with Crippen LogP contribution in [0.3, 0.4) is 0 Å². The number of imide groups is 1. The molecule has 6 nitrogen and oxygen atoms in total. The monoisotopic (exact) mass is 276 g/mol. The zero-order chi connectivity index (χ0) is 14.6. The van der Waals surface area contributed by atoms with Crippen LogP contribution >= 0.6 is 0 Å². The van der Waals surface area contributed by atoms with Gasteiger partial charge in [0.05, 0.1) is 6.42 Å². The third-order valence-electron chi connectivity index (χ3n) is 3.31. The molecule has 1 aliphatic rings. The van der Waals surface area contributed by atoms with Gasteiger partial charge in [0.15, 0.2) is 0 Å². The summed E-state index contributed by atoms with van der Waals surface area (Å²) in [5.74, 6) is -0.873. The third-order valence-corrected chi connectivity index (χ3v) is 3.31. The molecule has 1 fully saturated rings. The number of nitrogens with one attached hydrogen (secondary N) is 2. The molecular weight excluding hydrogens is 260 g/mol. The van der Waals surface area contributed by atoms with Gasteiger partial charge in [-0.15, -0.1) is 0 Å². The Hall–Kier alpha value is -2.37. The zero-order valence-electron chi connectivity index (χ0n) is 11.1. The maximum atomic E-state index is 11.8. The van der Waals surface area contributed by atoms with Gasteiger partial charge in [-0.05, 0) is 12.0 Å². The minimum atomic E-state index is -1.19. The summed E-state index contributed by atoms with van der Waals surface area (Å²) in [4.78, 5) is 34.8. The number of rotatable bonds is 4. The third kappa shape index (κ3) is 2.96. The van der Waals surface area contributed by atoms with Gasteiger partial charge in [0.1, 0.15) is 12.1 Å². The molecule has 20 heavy (non-hydrogen) atoms. The van der Waals surface area contributed by atoms with E-state index in [4.69, 9.17) is 4.74 Å². The summed E-state index contributed by atoms with van der Waals surface area (Å²) in [6, 6.07) is 9.20. The number of ether oxygens (including phenoxy) is 1. The number of amides is 3. The molecule has 0 spiro atoms. The maximum Gasteiger partial charge on any atom is 0.408 e. The van der Waals surface area contributed by atoms with Crippen LogP contribution in [-0.2, 0) is 20.9 Å². The summed E-state index contributed by atoms with van der Waals surface area (Å²) in [6.45, 7) is 1.84. The second-order valence-corrected chi connectivity index (χ2v) is 4.68. The highest BCUT2D eigenvalue weighted by Crippen LogP contribution is 2.21. The van der Waals surface area contributed by atoms with E-state index >= 15 is 0 Å². The second-order valence-electron chi connectivity index (χ2n) is 4.68. The van der Waals surface area contributed by atoms with Gasteiger partial charge < -0.3 is 10.1 Å². The summed E-state index contributed by atoms with van der Waals surface area (Å²) >= 11 is 0. The maximum absolute atomic E-state index is 11.8. The summed E-state index contributed by atoms with van der Waals surface area (Å²) in [6.07, 6.45) is -0.436. The number of carbonyl (C=O) groups is 3. The Labute approximate surface area is 116 Å². The van der Waals surface area contributed by atoms with Crippen LogP contribution in [-0.4, -0.2) is 23.4 Å². The van der Waals surface area contributed by atoms with Gasteiger partial charge in [-0.3, -0.25) is 14.9 Å². The van der Waals surface area contributed by atoms with Crippen LogP contribution in [0.2, 0.25) is 0 Å². The van der Waals surface area contributed by atoms with Crippen LogP contribution in [0.1, 0.15) is 25.3 Å². The van der Waals surface area contributed by atoms with E-state index in [0.29, 0.717) is 6.42 Å². The quantitative estimate of drug-likeness (QED) is 0.807. The van der Waals surface area contributed by atoms with Crippen molar-refractivity contribution in [2.75, 3.05) is 0 Å². The lowest BCUT2D eigenvalue weighted by molar-refractivity contribution is -0.126. The summed E-state index contributed by atoms with van der Waals surface area (Å²) in [7, 11) is 0. The molecule has 2 rings (SSSR count). The Morgan fingerprint density at radius 3 is 2.60 bits per heavy atom. The van der Waals surface area contributed by atoms with Crippen LogP contribution in [0.4, 0.5) is 4.79 Å². The van der Waals surface area contributed by atoms with E-state index in [9.17, 15) is 14.4 Å². The molecule has 0 aliphatic carbocycles. The Bertz CT molecular complexity index is 529. The van der Waals surface area contributed by atoms with Crippen molar-refractivity contribution in [3.8, 4) is 0 Å². The first kappa shape index (κ1) is 14.0. The van der Waals surface area contributed by atoms with E-state index in [0.717, 1.165) is 5.56 Å². The van der Waals surface area contributed by atoms with Crippen LogP contribution in [0.25, 0.3) is 0 Å². The first-order chi connectivity index (χ1) is 9.55. The second kappa shape index (κ2) is 5.73. The molecular formula is C14H16N2O4. The summed E-state index contributed by atoms with van der Waals surface area (Å²) in [5, 5.41) is 4.69. The topological polar surface area (TPSA) is 84.5 Å². The Morgan fingerprint density at radius 2 is 2.05 bits per heavy atom. The molecule has 1 aromatic rings. The lowest BCUT2D eigenvalue weighted by Gasteiger charge is -2.24. The normalized spacial score (nSPS) is 21.4. The fourth-order valence-electron chi connectivity index (χ4n) is 2.07. The van der Waals surface area contributed by atoms with E-state index in [1.807, 2.05) is 30.3 Å². The van der Waals surface area contributed by atoms with E-state index < -0.39 is 17.5 Å². The molecule has 0 bridgehead atoms. The van der Waals surface area contributed by atoms with Crippen molar-refractivity contribution in [1.82, 2.24) is 10.6 Å². The van der Waals surface area contributed by atoms with Crippen LogP contribution < -0.4 is 10.6 Å². The Morgan fingerprint density at radius 1 is 1.35 bits per heavy atom. The first-order valence-electron chi connectivity index (χ1n) is 6.39. The highest BCUT2D eigenvalue weighted by Gasteiger charge is 2.46. The molecule has 0 saturated carbocycles. The van der Waals surface area contributed by atoms with Crippen molar-refractivity contribution in [3.05, 3.63) is 35.9 Å². The molecule has 3 amide bonds. The summed E-state index contributed by atoms with van der Waals surface area (Å²) < 4.78 is 5.06. The molecule has 1 atom stereocenters. The SMILES string of the molecule is CC[C@@]1(NC(=O)OCc2ccccc2)CC(=O)NC1=O. The van der Waals surface area contributed by atoms with Crippen LogP contribution in [0.5, 0.6) is 0 Å². The molecule has 2 N–H and O–H groups in total. The first-order valence-corrected chi connectivity index (χ1v) is 6.39. The number of hydrogen-bond donors (Lipinski definition) is 2. The van der Waals surface area contributed by atoms with E-state index in [-0.39, 0.29) is 18.9 Å². The number of hydrogen-bond acceptors (Lipinski definition) is 4. The standard InChI is InChI=1S/C14H16N2O4/c1-2-14(8-11(17)15-12(14)18)16-13(19)20-9-10-6-4-3-5-7-10/h3-7H,2,8-9H2,1H3,(H,16,19)(H,15,17,18)/t14-/m1/s1. The summed E-state index contributed by atoms with van der Waals surface area (Å²) in [5.41, 5.74) is -0.342. The average Bonchev–Trinajstić information content (AvgIpc) is 2.72. The molecule has 0 unspecified atom stereocenters. The van der Waals surface area contributed by atoms with Gasteiger partial charge in [0, 0.05) is 0 Å². The molecule has 0 aromatic heterocycles. The lowest BCUT2D eigenvalue weighted by atomic mass is 9.94. The molecule has 1 saturated heterocycles. The minimum Gasteiger partial charge on any atom is -0.445 e. The van der Waals surface area contributed by atoms with Crippen molar-refractivity contribution in [2.24, 2.45) is 0 Å².